The van der Waals surface area contributed by atoms with Crippen LogP contribution in [0.2, 0.25) is 0 Å². The quantitative estimate of drug-likeness (QED) is 0.650. The second kappa shape index (κ2) is 7.57. The van der Waals surface area contributed by atoms with Gasteiger partial charge < -0.3 is 11.1 Å². The summed E-state index contributed by atoms with van der Waals surface area (Å²) in [6.07, 6.45) is 0.943. The first-order valence-electron chi connectivity index (χ1n) is 5.64. The van der Waals surface area contributed by atoms with E-state index in [0.717, 1.165) is 6.42 Å². The average molecular weight is 245 g/mol. The summed E-state index contributed by atoms with van der Waals surface area (Å²) in [7, 11) is 1.89. The molecule has 5 heteroatoms. The number of nitrogens with zero attached hydrogens (tertiary/aromatic N) is 1. The van der Waals surface area contributed by atoms with Gasteiger partial charge in [-0.2, -0.15) is 0 Å². The van der Waals surface area contributed by atoms with E-state index in [9.17, 15) is 4.79 Å². The number of nitrogens with one attached hydrogen (secondary N) is 1. The molecule has 0 saturated heterocycles. The molecule has 2 unspecified atom stereocenters. The Morgan fingerprint density at radius 2 is 2.06 bits per heavy atom. The fourth-order valence-electron chi connectivity index (χ4n) is 1.29. The van der Waals surface area contributed by atoms with Gasteiger partial charge in [0.25, 0.3) is 0 Å². The van der Waals surface area contributed by atoms with Crippen LogP contribution >= 0.6 is 12.2 Å². The molecule has 0 bridgehead atoms. The molecule has 0 aliphatic carbocycles. The third-order valence-corrected chi connectivity index (χ3v) is 2.91. The van der Waals surface area contributed by atoms with E-state index in [1.165, 1.54) is 0 Å². The van der Waals surface area contributed by atoms with Gasteiger partial charge in [-0.25, -0.2) is 0 Å². The van der Waals surface area contributed by atoms with Crippen LogP contribution < -0.4 is 11.1 Å². The molecule has 0 aliphatic heterocycles. The topological polar surface area (TPSA) is 58.4 Å². The summed E-state index contributed by atoms with van der Waals surface area (Å²) in [5.41, 5.74) is 5.52. The molecule has 0 fully saturated rings. The van der Waals surface area contributed by atoms with Crippen LogP contribution in [0.25, 0.3) is 0 Å². The second-order valence-corrected chi connectivity index (χ2v) is 4.85. The lowest BCUT2D eigenvalue weighted by Gasteiger charge is -2.21. The zero-order chi connectivity index (χ0) is 12.7. The van der Waals surface area contributed by atoms with Crippen molar-refractivity contribution in [3.05, 3.63) is 0 Å². The summed E-state index contributed by atoms with van der Waals surface area (Å²) in [5, 5.41) is 2.92. The molecule has 0 aliphatic rings. The molecule has 94 valence electrons. The van der Waals surface area contributed by atoms with Crippen LogP contribution in [0.1, 0.15) is 27.2 Å². The zero-order valence-electron chi connectivity index (χ0n) is 10.6. The molecule has 3 N–H and O–H groups in total. The fourth-order valence-corrected chi connectivity index (χ4v) is 1.36. The minimum absolute atomic E-state index is 0.0481. The molecule has 0 aromatic rings. The molecule has 16 heavy (non-hydrogen) atoms. The van der Waals surface area contributed by atoms with Crippen LogP contribution in [-0.4, -0.2) is 42.0 Å². The molecule has 0 aromatic carbocycles. The molecule has 4 nitrogen and oxygen atoms in total. The number of carbonyl (C=O) groups is 1. The summed E-state index contributed by atoms with van der Waals surface area (Å²) in [4.78, 5) is 14.0. The lowest BCUT2D eigenvalue weighted by molar-refractivity contribution is -0.122. The first kappa shape index (κ1) is 15.3. The molecule has 2 atom stereocenters. The molecular formula is C11H23N3OS. The Labute approximate surface area is 104 Å². The molecule has 0 rings (SSSR count). The van der Waals surface area contributed by atoms with Gasteiger partial charge >= 0.3 is 0 Å². The lowest BCUT2D eigenvalue weighted by atomic mass is 10.2. The van der Waals surface area contributed by atoms with Crippen LogP contribution in [0, 0.1) is 5.92 Å². The van der Waals surface area contributed by atoms with Gasteiger partial charge in [0.2, 0.25) is 5.91 Å². The SMILES string of the molecule is CCC(C)NC(=O)CN(C)CC(C)C(N)=S. The van der Waals surface area contributed by atoms with Crippen molar-refractivity contribution in [2.24, 2.45) is 11.7 Å². The Morgan fingerprint density at radius 1 is 1.50 bits per heavy atom. The second-order valence-electron chi connectivity index (χ2n) is 4.38. The minimum Gasteiger partial charge on any atom is -0.393 e. The smallest absolute Gasteiger partial charge is 0.234 e. The van der Waals surface area contributed by atoms with Crippen molar-refractivity contribution in [2.75, 3.05) is 20.1 Å². The summed E-state index contributed by atoms with van der Waals surface area (Å²) in [5.74, 6) is 0.184. The van der Waals surface area contributed by atoms with Crippen molar-refractivity contribution in [3.63, 3.8) is 0 Å². The highest BCUT2D eigenvalue weighted by Crippen LogP contribution is 1.98. The van der Waals surface area contributed by atoms with E-state index in [4.69, 9.17) is 18.0 Å². The van der Waals surface area contributed by atoms with Gasteiger partial charge in [0.15, 0.2) is 0 Å². The van der Waals surface area contributed by atoms with Gasteiger partial charge in [-0.05, 0) is 20.4 Å². The highest BCUT2D eigenvalue weighted by atomic mass is 32.1. The Bertz CT molecular complexity index is 245. The first-order valence-corrected chi connectivity index (χ1v) is 6.04. The van der Waals surface area contributed by atoms with Crippen molar-refractivity contribution in [1.29, 1.82) is 0 Å². The third kappa shape index (κ3) is 6.74. The van der Waals surface area contributed by atoms with Crippen LogP contribution in [0.3, 0.4) is 0 Å². The number of rotatable bonds is 7. The highest BCUT2D eigenvalue weighted by molar-refractivity contribution is 7.80. The molecular weight excluding hydrogens is 222 g/mol. The number of amides is 1. The number of carbonyl (C=O) groups excluding carboxylic acids is 1. The van der Waals surface area contributed by atoms with Crippen LogP contribution in [-0.2, 0) is 4.79 Å². The number of hydrogen-bond donors (Lipinski definition) is 2. The van der Waals surface area contributed by atoms with Gasteiger partial charge in [0.1, 0.15) is 0 Å². The predicted molar refractivity (Wildman–Crippen MR) is 71.3 cm³/mol. The summed E-state index contributed by atoms with van der Waals surface area (Å²) >= 11 is 4.89. The van der Waals surface area contributed by atoms with E-state index in [2.05, 4.69) is 5.32 Å². The van der Waals surface area contributed by atoms with Gasteiger partial charge in [-0.1, -0.05) is 26.1 Å². The van der Waals surface area contributed by atoms with Crippen molar-refractivity contribution in [1.82, 2.24) is 10.2 Å². The summed E-state index contributed by atoms with van der Waals surface area (Å²) in [6.45, 7) is 7.10. The normalized spacial score (nSPS) is 14.6. The van der Waals surface area contributed by atoms with Gasteiger partial charge in [-0.3, -0.25) is 9.69 Å². The molecule has 0 radical (unpaired) electrons. The maximum Gasteiger partial charge on any atom is 0.234 e. The van der Waals surface area contributed by atoms with E-state index in [1.807, 2.05) is 32.7 Å². The highest BCUT2D eigenvalue weighted by Gasteiger charge is 2.12. The van der Waals surface area contributed by atoms with E-state index < -0.39 is 0 Å². The Balaban J connectivity index is 3.91. The maximum absolute atomic E-state index is 11.6. The van der Waals surface area contributed by atoms with Gasteiger partial charge in [0.05, 0.1) is 11.5 Å². The van der Waals surface area contributed by atoms with Crippen LogP contribution in [0.5, 0.6) is 0 Å². The number of likely N-dealkylation sites (N-methyl/N-ethyl adjacent to an activating group) is 1. The van der Waals surface area contributed by atoms with Gasteiger partial charge in [-0.15, -0.1) is 0 Å². The Morgan fingerprint density at radius 3 is 2.50 bits per heavy atom. The molecule has 0 heterocycles. The van der Waals surface area contributed by atoms with E-state index in [1.54, 1.807) is 0 Å². The fraction of sp³-hybridized carbons (Fsp3) is 0.818. The van der Waals surface area contributed by atoms with Crippen molar-refractivity contribution in [3.8, 4) is 0 Å². The molecule has 0 aromatic heterocycles. The summed E-state index contributed by atoms with van der Waals surface area (Å²) < 4.78 is 0. The van der Waals surface area contributed by atoms with E-state index in [0.29, 0.717) is 18.1 Å². The molecule has 0 spiro atoms. The lowest BCUT2D eigenvalue weighted by Crippen LogP contribution is -2.41. The predicted octanol–water partition coefficient (Wildman–Crippen LogP) is 0.755. The van der Waals surface area contributed by atoms with E-state index in [-0.39, 0.29) is 17.9 Å². The van der Waals surface area contributed by atoms with Gasteiger partial charge in [0, 0.05) is 18.5 Å². The average Bonchev–Trinajstić information content (AvgIpc) is 2.16. The molecule has 1 amide bonds. The maximum atomic E-state index is 11.6. The Kier molecular flexibility index (Phi) is 7.25. The van der Waals surface area contributed by atoms with Crippen molar-refractivity contribution < 1.29 is 4.79 Å². The largest absolute Gasteiger partial charge is 0.393 e. The standard InChI is InChI=1S/C11H23N3OS/c1-5-9(3)13-10(15)7-14(4)6-8(2)11(12)16/h8-9H,5-7H2,1-4H3,(H2,12,16)(H,13,15). The van der Waals surface area contributed by atoms with E-state index >= 15 is 0 Å². The molecule has 0 saturated carbocycles. The number of thiocarbonyl (C=S) groups is 1. The third-order valence-electron chi connectivity index (χ3n) is 2.50. The monoisotopic (exact) mass is 245 g/mol. The first-order chi connectivity index (χ1) is 7.36. The number of hydrogen-bond acceptors (Lipinski definition) is 3. The van der Waals surface area contributed by atoms with Crippen LogP contribution in [0.4, 0.5) is 0 Å². The number of nitrogens with two attached hydrogens (primary N) is 1. The summed E-state index contributed by atoms with van der Waals surface area (Å²) in [6, 6.07) is 0.230. The van der Waals surface area contributed by atoms with Crippen molar-refractivity contribution in [2.45, 2.75) is 33.2 Å². The van der Waals surface area contributed by atoms with Crippen LogP contribution in [0.15, 0.2) is 0 Å². The van der Waals surface area contributed by atoms with Crippen molar-refractivity contribution >= 4 is 23.1 Å². The minimum atomic E-state index is 0.0481. The Hall–Kier alpha value is -0.680. The zero-order valence-corrected chi connectivity index (χ0v) is 11.4.